The van der Waals surface area contributed by atoms with E-state index in [0.29, 0.717) is 40.9 Å². The van der Waals surface area contributed by atoms with Gasteiger partial charge in [0, 0.05) is 42.7 Å². The maximum absolute atomic E-state index is 13.3. The van der Waals surface area contributed by atoms with Gasteiger partial charge in [-0.05, 0) is 48.9 Å². The molecule has 0 saturated carbocycles. The number of carbonyl (C=O) groups is 2. The van der Waals surface area contributed by atoms with Gasteiger partial charge >= 0.3 is 5.97 Å². The highest BCUT2D eigenvalue weighted by molar-refractivity contribution is 6.09. The van der Waals surface area contributed by atoms with Crippen LogP contribution in [0, 0.1) is 12.5 Å². The minimum atomic E-state index is -0.929. The molecule has 2 aromatic heterocycles. The van der Waals surface area contributed by atoms with Gasteiger partial charge in [0.25, 0.3) is 0 Å². The van der Waals surface area contributed by atoms with Crippen molar-refractivity contribution in [2.45, 2.75) is 58.0 Å². The Hall–Kier alpha value is -3.70. The van der Waals surface area contributed by atoms with E-state index in [9.17, 15) is 14.7 Å². The van der Waals surface area contributed by atoms with E-state index in [2.05, 4.69) is 9.83 Å². The number of aliphatic carboxylic acids is 1. The molecule has 0 aliphatic rings. The van der Waals surface area contributed by atoms with E-state index in [1.54, 1.807) is 20.1 Å². The number of benzene rings is 1. The summed E-state index contributed by atoms with van der Waals surface area (Å²) in [6.07, 6.45) is 4.74. The molecule has 0 aliphatic carbocycles. The first-order valence-electron chi connectivity index (χ1n) is 12.2. The Balaban J connectivity index is 1.72. The molecule has 1 aromatic carbocycles. The van der Waals surface area contributed by atoms with Gasteiger partial charge in [-0.1, -0.05) is 31.9 Å². The monoisotopic (exact) mass is 491 g/mol. The summed E-state index contributed by atoms with van der Waals surface area (Å²) in [6.45, 7) is 9.08. The molecule has 0 fully saturated rings. The number of aromatic nitrogens is 2. The molecule has 2 atom stereocenters. The van der Waals surface area contributed by atoms with Crippen LogP contribution in [0.2, 0.25) is 0 Å². The van der Waals surface area contributed by atoms with Crippen LogP contribution in [0.3, 0.4) is 0 Å². The number of rotatable bonds is 13. The number of methoxy groups -OCH3 is 1. The van der Waals surface area contributed by atoms with Gasteiger partial charge in [-0.3, -0.25) is 9.59 Å². The Morgan fingerprint density at radius 2 is 1.97 bits per heavy atom. The highest BCUT2D eigenvalue weighted by Crippen LogP contribution is 2.31. The Bertz CT molecular complexity index is 1270. The lowest BCUT2D eigenvalue weighted by Crippen LogP contribution is -2.12. The summed E-state index contributed by atoms with van der Waals surface area (Å²) in [5, 5.41) is 20.3. The predicted octanol–water partition coefficient (Wildman–Crippen LogP) is 5.65. The number of ketones is 1. The van der Waals surface area contributed by atoms with Crippen molar-refractivity contribution >= 4 is 28.5 Å². The second-order valence-electron chi connectivity index (χ2n) is 9.28. The predicted molar refractivity (Wildman–Crippen MR) is 137 cm³/mol. The molecular weight excluding hydrogens is 458 g/mol. The lowest BCUT2D eigenvalue weighted by molar-refractivity contribution is -0.137. The van der Waals surface area contributed by atoms with E-state index in [4.69, 9.17) is 16.4 Å². The average molecular weight is 492 g/mol. The third-order valence-corrected chi connectivity index (χ3v) is 6.47. The number of carboxylic acids is 1. The van der Waals surface area contributed by atoms with E-state index >= 15 is 0 Å². The molecule has 2 N–H and O–H groups in total. The summed E-state index contributed by atoms with van der Waals surface area (Å²) in [7, 11) is 3.47. The number of unbranched alkanes of at least 4 members (excludes halogenated alkanes) is 2. The van der Waals surface area contributed by atoms with Gasteiger partial charge in [0.2, 0.25) is 5.69 Å². The van der Waals surface area contributed by atoms with Gasteiger partial charge in [0.1, 0.15) is 11.4 Å². The van der Waals surface area contributed by atoms with Crippen LogP contribution >= 0.6 is 0 Å². The van der Waals surface area contributed by atoms with Crippen molar-refractivity contribution < 1.29 is 24.5 Å². The number of hydrogen-bond acceptors (Lipinski definition) is 5. The van der Waals surface area contributed by atoms with Gasteiger partial charge in [0.05, 0.1) is 19.8 Å². The molecule has 8 nitrogen and oxygen atoms in total. The number of nitrogens with zero attached hydrogens (tertiary/aromatic N) is 3. The van der Waals surface area contributed by atoms with Crippen LogP contribution in [0.4, 0.5) is 5.69 Å². The molecule has 190 valence electrons. The maximum Gasteiger partial charge on any atom is 0.303 e. The first kappa shape index (κ1) is 26.9. The number of ether oxygens (including phenoxy) is 1. The van der Waals surface area contributed by atoms with Crippen molar-refractivity contribution in [3.63, 3.8) is 0 Å². The number of carbonyl (C=O) groups excluding carboxylic acids is 1. The second kappa shape index (κ2) is 12.3. The van der Waals surface area contributed by atoms with Crippen molar-refractivity contribution in [3.05, 3.63) is 64.8 Å². The van der Waals surface area contributed by atoms with E-state index < -0.39 is 12.1 Å². The highest BCUT2D eigenvalue weighted by atomic mass is 16.5. The Kier molecular flexibility index (Phi) is 9.20. The number of aryl methyl sites for hydroxylation is 1. The van der Waals surface area contributed by atoms with E-state index in [0.717, 1.165) is 30.5 Å². The zero-order chi connectivity index (χ0) is 26.2. The number of hydrogen-bond donors (Lipinski definition) is 2. The molecule has 0 aliphatic heterocycles. The summed E-state index contributed by atoms with van der Waals surface area (Å²) >= 11 is 0. The largest absolute Gasteiger partial charge is 0.497 e. The molecule has 0 bridgehead atoms. The highest BCUT2D eigenvalue weighted by Gasteiger charge is 2.24. The Labute approximate surface area is 211 Å². The normalized spacial score (nSPS) is 12.8. The molecule has 0 radical (unpaired) electrons. The zero-order valence-corrected chi connectivity index (χ0v) is 21.0. The number of carboxylic acid groups (broad SMARTS) is 1. The molecule has 36 heavy (non-hydrogen) atoms. The molecule has 2 heterocycles. The molecule has 2 unspecified atom stereocenters. The minimum Gasteiger partial charge on any atom is -0.497 e. The van der Waals surface area contributed by atoms with Gasteiger partial charge < -0.3 is 19.5 Å². The third kappa shape index (κ3) is 6.49. The lowest BCUT2D eigenvalue weighted by atomic mass is 9.94. The standard InChI is InChI=1S/C28H33N3O5/c1-18(14-26(34)35)13-25(33)27-22-16-20(29-2)17-30-28(22)31(3)23(27)11-6-5-7-12-24(32)19-9-8-10-21(15-19)36-4/h8-10,15-18,24,32H,5-7,11-14H2,1,3-4H3,(H,34,35). The Morgan fingerprint density at radius 1 is 1.19 bits per heavy atom. The molecule has 3 rings (SSSR count). The van der Waals surface area contributed by atoms with Gasteiger partial charge in [-0.25, -0.2) is 9.83 Å². The quantitative estimate of drug-likeness (QED) is 0.182. The van der Waals surface area contributed by atoms with Crippen LogP contribution in [0.5, 0.6) is 5.75 Å². The number of aliphatic hydroxyl groups is 1. The van der Waals surface area contributed by atoms with Gasteiger partial charge in [-0.15, -0.1) is 0 Å². The van der Waals surface area contributed by atoms with Crippen molar-refractivity contribution in [2.75, 3.05) is 7.11 Å². The molecule has 8 heteroatoms. The smallest absolute Gasteiger partial charge is 0.303 e. The van der Waals surface area contributed by atoms with Crippen LogP contribution in [-0.4, -0.2) is 38.6 Å². The van der Waals surface area contributed by atoms with Crippen LogP contribution in [0.25, 0.3) is 15.9 Å². The summed E-state index contributed by atoms with van der Waals surface area (Å²) in [5.74, 6) is -0.636. The summed E-state index contributed by atoms with van der Waals surface area (Å²) in [4.78, 5) is 32.3. The van der Waals surface area contributed by atoms with Crippen LogP contribution < -0.4 is 4.74 Å². The van der Waals surface area contributed by atoms with Crippen molar-refractivity contribution in [3.8, 4) is 5.75 Å². The number of aliphatic hydroxyl groups excluding tert-OH is 1. The fraction of sp³-hybridized carbons (Fsp3) is 0.429. The molecule has 0 saturated heterocycles. The molecule has 3 aromatic rings. The number of pyridine rings is 1. The summed E-state index contributed by atoms with van der Waals surface area (Å²) in [5.41, 5.74) is 3.21. The topological polar surface area (TPSA) is 106 Å². The fourth-order valence-electron chi connectivity index (χ4n) is 4.62. The maximum atomic E-state index is 13.3. The van der Waals surface area contributed by atoms with Crippen LogP contribution in [0.1, 0.15) is 73.2 Å². The molecule has 0 amide bonds. The van der Waals surface area contributed by atoms with Crippen molar-refractivity contribution in [2.24, 2.45) is 13.0 Å². The van der Waals surface area contributed by atoms with Gasteiger partial charge in [-0.2, -0.15) is 0 Å². The summed E-state index contributed by atoms with van der Waals surface area (Å²) < 4.78 is 7.14. The number of fused-ring (bicyclic) bond motifs is 1. The zero-order valence-electron chi connectivity index (χ0n) is 21.0. The average Bonchev–Trinajstić information content (AvgIpc) is 3.13. The lowest BCUT2D eigenvalue weighted by Gasteiger charge is -2.13. The molecule has 0 spiro atoms. The summed E-state index contributed by atoms with van der Waals surface area (Å²) in [6, 6.07) is 9.13. The van der Waals surface area contributed by atoms with Crippen LogP contribution in [0.15, 0.2) is 36.5 Å². The Morgan fingerprint density at radius 3 is 2.67 bits per heavy atom. The van der Waals surface area contributed by atoms with E-state index in [1.807, 2.05) is 35.9 Å². The van der Waals surface area contributed by atoms with Gasteiger partial charge in [0.15, 0.2) is 5.78 Å². The van der Waals surface area contributed by atoms with E-state index in [-0.39, 0.29) is 24.5 Å². The number of Topliss-reactive ketones (excluding diaryl/α,β-unsaturated/α-hetero) is 1. The third-order valence-electron chi connectivity index (χ3n) is 6.47. The first-order valence-corrected chi connectivity index (χ1v) is 12.2. The molecular formula is C28H33N3O5. The second-order valence-corrected chi connectivity index (χ2v) is 9.28. The van der Waals surface area contributed by atoms with E-state index in [1.165, 1.54) is 6.20 Å². The van der Waals surface area contributed by atoms with Crippen LogP contribution in [-0.2, 0) is 18.3 Å². The van der Waals surface area contributed by atoms with Crippen molar-refractivity contribution in [1.29, 1.82) is 0 Å². The fourth-order valence-corrected chi connectivity index (χ4v) is 4.62. The first-order chi connectivity index (χ1) is 17.2. The van der Waals surface area contributed by atoms with Crippen molar-refractivity contribution in [1.82, 2.24) is 9.55 Å². The minimum absolute atomic E-state index is 0.0764. The SMILES string of the molecule is [C-]#[N+]c1cnc2c(c1)c(C(=O)CC(C)CC(=O)O)c(CCCCCC(O)c1cccc(OC)c1)n2C.